The van der Waals surface area contributed by atoms with Crippen LogP contribution in [-0.4, -0.2) is 47.4 Å². The molecule has 3 N–H and O–H groups in total. The molecule has 0 radical (unpaired) electrons. The second kappa shape index (κ2) is 60.9. The minimum Gasteiger partial charge on any atom is -0.466 e. The molecule has 2 unspecified atom stereocenters. The highest BCUT2D eigenvalue weighted by atomic mass is 16.5. The van der Waals surface area contributed by atoms with Crippen molar-refractivity contribution in [3.8, 4) is 0 Å². The third kappa shape index (κ3) is 57.5. The van der Waals surface area contributed by atoms with E-state index in [0.717, 1.165) is 70.6 Å². The number of rotatable bonds is 60. The SMILES string of the molecule is CCCCCCCCC/C=C\CCCCCCCC(=O)OCCCCCC/C=C\CCCCCCCCCC(=O)NC(CO)C(O)CCCCCCCCCCCCCCCCCCCCCCCCC. The zero-order valence-corrected chi connectivity index (χ0v) is 48.0. The largest absolute Gasteiger partial charge is 0.466 e. The van der Waals surface area contributed by atoms with Gasteiger partial charge in [-0.15, -0.1) is 0 Å². The first-order valence-corrected chi connectivity index (χ1v) is 32.1. The Kier molecular flexibility index (Phi) is 59.5. The fraction of sp³-hybridized carbons (Fsp3) is 0.908. The lowest BCUT2D eigenvalue weighted by Gasteiger charge is -2.22. The first kappa shape index (κ1) is 69.3. The average molecular weight is 1000 g/mol. The number of esters is 1. The maximum atomic E-state index is 12.5. The summed E-state index contributed by atoms with van der Waals surface area (Å²) < 4.78 is 5.47. The lowest BCUT2D eigenvalue weighted by atomic mass is 10.0. The van der Waals surface area contributed by atoms with Gasteiger partial charge in [0.1, 0.15) is 0 Å². The van der Waals surface area contributed by atoms with E-state index in [2.05, 4.69) is 43.5 Å². The van der Waals surface area contributed by atoms with Crippen LogP contribution in [0.1, 0.15) is 354 Å². The van der Waals surface area contributed by atoms with E-state index in [1.54, 1.807) is 0 Å². The Morgan fingerprint density at radius 2 is 0.662 bits per heavy atom. The Labute approximate surface area is 443 Å². The molecule has 0 saturated heterocycles. The summed E-state index contributed by atoms with van der Waals surface area (Å²) in [4.78, 5) is 24.6. The minimum absolute atomic E-state index is 0.0165. The molecule has 420 valence electrons. The summed E-state index contributed by atoms with van der Waals surface area (Å²) in [5, 5.41) is 23.4. The highest BCUT2D eigenvalue weighted by Crippen LogP contribution is 2.18. The Bertz CT molecular complexity index is 1110. The molecule has 0 bridgehead atoms. The summed E-state index contributed by atoms with van der Waals surface area (Å²) >= 11 is 0. The number of hydrogen-bond donors (Lipinski definition) is 3. The fourth-order valence-corrected chi connectivity index (χ4v) is 10.0. The van der Waals surface area contributed by atoms with Crippen molar-refractivity contribution in [2.75, 3.05) is 13.2 Å². The number of allylic oxidation sites excluding steroid dienone is 4. The van der Waals surface area contributed by atoms with Gasteiger partial charge in [-0.25, -0.2) is 0 Å². The Morgan fingerprint density at radius 3 is 1.00 bits per heavy atom. The van der Waals surface area contributed by atoms with E-state index < -0.39 is 12.1 Å². The van der Waals surface area contributed by atoms with Gasteiger partial charge in [0.25, 0.3) is 0 Å². The molecule has 0 saturated carbocycles. The number of unbranched alkanes of at least 4 members (excludes halogenated alkanes) is 45. The van der Waals surface area contributed by atoms with Gasteiger partial charge < -0.3 is 20.3 Å². The van der Waals surface area contributed by atoms with Crippen LogP contribution < -0.4 is 5.32 Å². The van der Waals surface area contributed by atoms with E-state index in [9.17, 15) is 19.8 Å². The zero-order valence-electron chi connectivity index (χ0n) is 48.0. The van der Waals surface area contributed by atoms with Crippen molar-refractivity contribution in [1.29, 1.82) is 0 Å². The molecule has 6 nitrogen and oxygen atoms in total. The first-order valence-electron chi connectivity index (χ1n) is 32.1. The number of ether oxygens (including phenoxy) is 1. The van der Waals surface area contributed by atoms with Crippen molar-refractivity contribution in [2.24, 2.45) is 0 Å². The van der Waals surface area contributed by atoms with Crippen LogP contribution in [0, 0.1) is 0 Å². The van der Waals surface area contributed by atoms with E-state index in [-0.39, 0.29) is 18.5 Å². The Balaban J connectivity index is 3.46. The molecule has 0 aliphatic carbocycles. The minimum atomic E-state index is -0.676. The second-order valence-electron chi connectivity index (χ2n) is 22.1. The van der Waals surface area contributed by atoms with Crippen molar-refractivity contribution in [2.45, 2.75) is 366 Å². The van der Waals surface area contributed by atoms with Crippen LogP contribution in [0.4, 0.5) is 0 Å². The zero-order chi connectivity index (χ0) is 51.4. The van der Waals surface area contributed by atoms with Crippen LogP contribution >= 0.6 is 0 Å². The highest BCUT2D eigenvalue weighted by molar-refractivity contribution is 5.76. The van der Waals surface area contributed by atoms with Crippen molar-refractivity contribution in [3.05, 3.63) is 24.3 Å². The van der Waals surface area contributed by atoms with Crippen LogP contribution in [0.2, 0.25) is 0 Å². The van der Waals surface area contributed by atoms with Gasteiger partial charge >= 0.3 is 5.97 Å². The van der Waals surface area contributed by atoms with E-state index in [4.69, 9.17) is 4.74 Å². The molecule has 0 heterocycles. The Morgan fingerprint density at radius 1 is 0.380 bits per heavy atom. The average Bonchev–Trinajstić information content (AvgIpc) is 3.37. The molecule has 0 aliphatic rings. The number of carbonyl (C=O) groups is 2. The van der Waals surface area contributed by atoms with Crippen molar-refractivity contribution >= 4 is 11.9 Å². The summed E-state index contributed by atoms with van der Waals surface area (Å²) in [6.07, 6.45) is 74.7. The molecule has 0 aromatic heterocycles. The van der Waals surface area contributed by atoms with Gasteiger partial charge in [-0.3, -0.25) is 9.59 Å². The van der Waals surface area contributed by atoms with Crippen molar-refractivity contribution < 1.29 is 24.5 Å². The second-order valence-corrected chi connectivity index (χ2v) is 22.1. The Hall–Kier alpha value is -1.66. The highest BCUT2D eigenvalue weighted by Gasteiger charge is 2.20. The van der Waals surface area contributed by atoms with E-state index in [0.29, 0.717) is 25.9 Å². The predicted octanol–water partition coefficient (Wildman–Crippen LogP) is 20.2. The molecule has 2 atom stereocenters. The van der Waals surface area contributed by atoms with Gasteiger partial charge in [0.2, 0.25) is 5.91 Å². The molecule has 0 aromatic rings. The third-order valence-corrected chi connectivity index (χ3v) is 15.0. The van der Waals surface area contributed by atoms with Crippen LogP contribution in [0.15, 0.2) is 24.3 Å². The summed E-state index contributed by atoms with van der Waals surface area (Å²) in [6, 6.07) is -0.554. The monoisotopic (exact) mass is 1000 g/mol. The normalized spacial score (nSPS) is 12.7. The summed E-state index contributed by atoms with van der Waals surface area (Å²) in [5.41, 5.74) is 0. The maximum Gasteiger partial charge on any atom is 0.305 e. The molecule has 6 heteroatoms. The third-order valence-electron chi connectivity index (χ3n) is 15.0. The summed E-state index contributed by atoms with van der Waals surface area (Å²) in [6.45, 7) is 4.94. The molecule has 71 heavy (non-hydrogen) atoms. The van der Waals surface area contributed by atoms with E-state index in [1.807, 2.05) is 0 Å². The maximum absolute atomic E-state index is 12.5. The standard InChI is InChI=1S/C65H125NO5/c1-3-5-7-9-11-13-15-17-19-21-22-23-24-25-26-27-29-33-37-41-45-49-53-57-63(68)62(61-67)66-64(69)58-54-50-46-42-38-34-30-28-32-36-40-44-48-52-56-60-71-65(70)59-55-51-47-43-39-35-31-20-18-16-14-12-10-8-6-4-2/h20,31-32,36,62-63,67-68H,3-19,21-30,33-35,37-61H2,1-2H3,(H,66,69)/b31-20-,36-32-. The van der Waals surface area contributed by atoms with Gasteiger partial charge in [0, 0.05) is 12.8 Å². The van der Waals surface area contributed by atoms with Crippen LogP contribution in [0.5, 0.6) is 0 Å². The first-order chi connectivity index (χ1) is 35.0. The molecular formula is C65H125NO5. The lowest BCUT2D eigenvalue weighted by molar-refractivity contribution is -0.143. The van der Waals surface area contributed by atoms with Gasteiger partial charge in [0.15, 0.2) is 0 Å². The number of hydrogen-bond acceptors (Lipinski definition) is 5. The van der Waals surface area contributed by atoms with Gasteiger partial charge in [0.05, 0.1) is 25.4 Å². The number of amides is 1. The number of aliphatic hydroxyl groups excluding tert-OH is 2. The molecule has 0 fully saturated rings. The molecule has 0 rings (SSSR count). The molecule has 1 amide bonds. The van der Waals surface area contributed by atoms with Gasteiger partial charge in [-0.2, -0.15) is 0 Å². The number of nitrogens with one attached hydrogen (secondary N) is 1. The van der Waals surface area contributed by atoms with Crippen molar-refractivity contribution in [3.63, 3.8) is 0 Å². The van der Waals surface area contributed by atoms with E-state index in [1.165, 1.54) is 250 Å². The molecule has 0 spiro atoms. The topological polar surface area (TPSA) is 95.9 Å². The van der Waals surface area contributed by atoms with E-state index >= 15 is 0 Å². The van der Waals surface area contributed by atoms with Crippen molar-refractivity contribution in [1.82, 2.24) is 5.32 Å². The molecular weight excluding hydrogens is 875 g/mol. The lowest BCUT2D eigenvalue weighted by Crippen LogP contribution is -2.45. The van der Waals surface area contributed by atoms with Gasteiger partial charge in [-0.05, 0) is 77.0 Å². The van der Waals surface area contributed by atoms with Gasteiger partial charge in [-0.1, -0.05) is 289 Å². The number of aliphatic hydroxyl groups is 2. The predicted molar refractivity (Wildman–Crippen MR) is 310 cm³/mol. The quantitative estimate of drug-likeness (QED) is 0.0320. The number of carbonyl (C=O) groups excluding carboxylic acids is 2. The van der Waals surface area contributed by atoms with Crippen LogP contribution in [0.25, 0.3) is 0 Å². The van der Waals surface area contributed by atoms with Crippen LogP contribution in [0.3, 0.4) is 0 Å². The summed E-state index contributed by atoms with van der Waals surface area (Å²) in [5.74, 6) is -0.0633. The smallest absolute Gasteiger partial charge is 0.305 e. The summed E-state index contributed by atoms with van der Waals surface area (Å²) in [7, 11) is 0. The molecule has 0 aromatic carbocycles. The molecule has 0 aliphatic heterocycles. The fourth-order valence-electron chi connectivity index (χ4n) is 10.0. The van der Waals surface area contributed by atoms with Crippen LogP contribution in [-0.2, 0) is 14.3 Å².